The number of H-pyrrole nitrogens is 1. The first-order valence-corrected chi connectivity index (χ1v) is 10.7. The number of rotatable bonds is 2. The minimum absolute atomic E-state index is 0.0329. The molecule has 2 saturated heterocycles. The van der Waals surface area contributed by atoms with E-state index in [0.717, 1.165) is 56.5 Å². The summed E-state index contributed by atoms with van der Waals surface area (Å²) in [6, 6.07) is 0.178. The first-order valence-electron chi connectivity index (χ1n) is 10.7. The van der Waals surface area contributed by atoms with Gasteiger partial charge in [-0.05, 0) is 25.2 Å². The Labute approximate surface area is 169 Å². The van der Waals surface area contributed by atoms with Crippen molar-refractivity contribution in [3.8, 4) is 0 Å². The molecule has 4 heterocycles. The normalized spacial score (nSPS) is 28.0. The molecule has 2 amide bonds. The Kier molecular flexibility index (Phi) is 4.81. The average molecular weight is 397 g/mol. The van der Waals surface area contributed by atoms with E-state index in [1.165, 1.54) is 6.33 Å². The molecule has 0 bridgehead atoms. The molecule has 2 N–H and O–H groups in total. The maximum atomic E-state index is 13.4. The van der Waals surface area contributed by atoms with Crippen molar-refractivity contribution in [2.45, 2.75) is 44.6 Å². The molecule has 29 heavy (non-hydrogen) atoms. The number of anilines is 1. The van der Waals surface area contributed by atoms with E-state index in [-0.39, 0.29) is 23.8 Å². The van der Waals surface area contributed by atoms with Crippen molar-refractivity contribution in [2.75, 3.05) is 31.1 Å². The number of fused-ring (bicyclic) bond motifs is 2. The summed E-state index contributed by atoms with van der Waals surface area (Å²) in [6.07, 6.45) is 8.72. The van der Waals surface area contributed by atoms with E-state index in [1.807, 2.05) is 4.90 Å². The van der Waals surface area contributed by atoms with Gasteiger partial charge >= 0.3 is 0 Å². The molecule has 3 aliphatic rings. The highest BCUT2D eigenvalue weighted by Crippen LogP contribution is 2.36. The van der Waals surface area contributed by atoms with Gasteiger partial charge in [0.15, 0.2) is 11.5 Å². The second-order valence-electron chi connectivity index (χ2n) is 8.40. The number of nitrogens with one attached hydrogen (secondary N) is 2. The van der Waals surface area contributed by atoms with Crippen LogP contribution in [0.3, 0.4) is 0 Å². The Morgan fingerprint density at radius 1 is 1.03 bits per heavy atom. The largest absolute Gasteiger partial charge is 0.353 e. The van der Waals surface area contributed by atoms with Crippen LogP contribution in [0, 0.1) is 11.8 Å². The molecule has 9 heteroatoms. The Morgan fingerprint density at radius 3 is 2.86 bits per heavy atom. The van der Waals surface area contributed by atoms with Crippen LogP contribution in [0.2, 0.25) is 0 Å². The van der Waals surface area contributed by atoms with Crippen LogP contribution in [-0.2, 0) is 9.59 Å². The summed E-state index contributed by atoms with van der Waals surface area (Å²) in [6.45, 7) is 2.91. The van der Waals surface area contributed by atoms with Crippen LogP contribution in [0.25, 0.3) is 11.2 Å². The van der Waals surface area contributed by atoms with Gasteiger partial charge < -0.3 is 20.1 Å². The van der Waals surface area contributed by atoms with E-state index >= 15 is 0 Å². The van der Waals surface area contributed by atoms with E-state index in [0.29, 0.717) is 31.1 Å². The number of imidazole rings is 1. The van der Waals surface area contributed by atoms with Crippen LogP contribution in [0.15, 0.2) is 12.7 Å². The van der Waals surface area contributed by atoms with Gasteiger partial charge in [0.1, 0.15) is 11.8 Å². The number of hydrogen-bond acceptors (Lipinski definition) is 6. The molecular weight excluding hydrogens is 370 g/mol. The lowest BCUT2D eigenvalue weighted by Crippen LogP contribution is -2.55. The van der Waals surface area contributed by atoms with Gasteiger partial charge in [0.25, 0.3) is 0 Å². The van der Waals surface area contributed by atoms with Gasteiger partial charge in [-0.25, -0.2) is 15.0 Å². The summed E-state index contributed by atoms with van der Waals surface area (Å²) < 4.78 is 0. The van der Waals surface area contributed by atoms with Crippen LogP contribution in [0.4, 0.5) is 5.82 Å². The molecule has 0 radical (unpaired) electrons. The lowest BCUT2D eigenvalue weighted by molar-refractivity contribution is -0.144. The van der Waals surface area contributed by atoms with Crippen LogP contribution >= 0.6 is 0 Å². The SMILES string of the molecule is O=C1CC(C(=O)N2CCCN(c3ncnc4nc[nH]c34)CC2)C2CCCCC2N1. The minimum atomic E-state index is -0.168. The second-order valence-corrected chi connectivity index (χ2v) is 8.40. The minimum Gasteiger partial charge on any atom is -0.353 e. The molecule has 1 saturated carbocycles. The van der Waals surface area contributed by atoms with Crippen molar-refractivity contribution in [1.82, 2.24) is 30.2 Å². The number of nitrogens with zero attached hydrogens (tertiary/aromatic N) is 5. The fourth-order valence-corrected chi connectivity index (χ4v) is 5.28. The highest BCUT2D eigenvalue weighted by atomic mass is 16.2. The first-order chi connectivity index (χ1) is 14.2. The van der Waals surface area contributed by atoms with E-state index in [2.05, 4.69) is 30.2 Å². The third-order valence-corrected chi connectivity index (χ3v) is 6.72. The number of hydrogen-bond donors (Lipinski definition) is 2. The van der Waals surface area contributed by atoms with Gasteiger partial charge in [0.2, 0.25) is 11.8 Å². The Hall–Kier alpha value is -2.71. The van der Waals surface area contributed by atoms with E-state index in [4.69, 9.17) is 0 Å². The average Bonchev–Trinajstić information content (AvgIpc) is 3.09. The smallest absolute Gasteiger partial charge is 0.226 e. The van der Waals surface area contributed by atoms with Crippen LogP contribution in [0.5, 0.6) is 0 Å². The van der Waals surface area contributed by atoms with Crippen molar-refractivity contribution < 1.29 is 9.59 Å². The predicted octanol–water partition coefficient (Wildman–Crippen LogP) is 1.09. The van der Waals surface area contributed by atoms with Crippen molar-refractivity contribution in [1.29, 1.82) is 0 Å². The molecule has 2 aromatic rings. The molecule has 154 valence electrons. The predicted molar refractivity (Wildman–Crippen MR) is 107 cm³/mol. The monoisotopic (exact) mass is 397 g/mol. The van der Waals surface area contributed by atoms with Crippen molar-refractivity contribution in [3.05, 3.63) is 12.7 Å². The van der Waals surface area contributed by atoms with Gasteiger partial charge in [-0.3, -0.25) is 9.59 Å². The lowest BCUT2D eigenvalue weighted by atomic mass is 9.72. The van der Waals surface area contributed by atoms with Gasteiger partial charge in [0, 0.05) is 38.6 Å². The number of amides is 2. The quantitative estimate of drug-likeness (QED) is 0.785. The van der Waals surface area contributed by atoms with E-state index in [9.17, 15) is 9.59 Å². The molecule has 1 aliphatic carbocycles. The van der Waals surface area contributed by atoms with E-state index in [1.54, 1.807) is 6.33 Å². The molecule has 3 fully saturated rings. The summed E-state index contributed by atoms with van der Waals surface area (Å²) in [5.41, 5.74) is 1.49. The fraction of sp³-hybridized carbons (Fsp3) is 0.650. The van der Waals surface area contributed by atoms with Gasteiger partial charge in [-0.2, -0.15) is 0 Å². The zero-order valence-corrected chi connectivity index (χ0v) is 16.5. The number of piperidine rings is 1. The van der Waals surface area contributed by atoms with Crippen molar-refractivity contribution in [3.63, 3.8) is 0 Å². The van der Waals surface area contributed by atoms with Crippen LogP contribution in [-0.4, -0.2) is 68.9 Å². The summed E-state index contributed by atoms with van der Waals surface area (Å²) in [7, 11) is 0. The maximum absolute atomic E-state index is 13.4. The fourth-order valence-electron chi connectivity index (χ4n) is 5.28. The molecule has 5 rings (SSSR count). The third-order valence-electron chi connectivity index (χ3n) is 6.72. The van der Waals surface area contributed by atoms with Gasteiger partial charge in [-0.1, -0.05) is 12.8 Å². The van der Waals surface area contributed by atoms with E-state index < -0.39 is 0 Å². The number of carbonyl (C=O) groups is 2. The third kappa shape index (κ3) is 3.42. The Balaban J connectivity index is 1.31. The highest BCUT2D eigenvalue weighted by molar-refractivity contribution is 5.88. The summed E-state index contributed by atoms with van der Waals surface area (Å²) in [4.78, 5) is 45.8. The molecular formula is C20H27N7O2. The highest BCUT2D eigenvalue weighted by Gasteiger charge is 2.43. The van der Waals surface area contributed by atoms with Crippen LogP contribution in [0.1, 0.15) is 38.5 Å². The molecule has 0 spiro atoms. The molecule has 3 atom stereocenters. The topological polar surface area (TPSA) is 107 Å². The maximum Gasteiger partial charge on any atom is 0.226 e. The number of aromatic nitrogens is 4. The molecule has 2 aliphatic heterocycles. The number of aromatic amines is 1. The van der Waals surface area contributed by atoms with Crippen molar-refractivity contribution in [2.24, 2.45) is 11.8 Å². The first kappa shape index (κ1) is 18.3. The lowest BCUT2D eigenvalue weighted by Gasteiger charge is -2.42. The molecule has 0 aromatic carbocycles. The second kappa shape index (κ2) is 7.61. The van der Waals surface area contributed by atoms with Gasteiger partial charge in [0.05, 0.1) is 12.2 Å². The standard InChI is InChI=1S/C20H27N7O2/c28-16-10-14(13-4-1-2-5-15(13)25-16)20(29)27-7-3-6-26(8-9-27)19-17-18(22-11-21-17)23-12-24-19/h11-15H,1-10H2,(H,25,28)(H,21,22,23,24). The summed E-state index contributed by atoms with van der Waals surface area (Å²) in [5.74, 6) is 1.16. The van der Waals surface area contributed by atoms with Crippen molar-refractivity contribution >= 4 is 28.8 Å². The zero-order valence-electron chi connectivity index (χ0n) is 16.5. The van der Waals surface area contributed by atoms with Gasteiger partial charge in [-0.15, -0.1) is 0 Å². The molecule has 9 nitrogen and oxygen atoms in total. The Morgan fingerprint density at radius 2 is 1.93 bits per heavy atom. The van der Waals surface area contributed by atoms with Crippen LogP contribution < -0.4 is 10.2 Å². The molecule has 3 unspecified atom stereocenters. The Bertz CT molecular complexity index is 913. The summed E-state index contributed by atoms with van der Waals surface area (Å²) in [5, 5.41) is 3.12. The number of carbonyl (C=O) groups excluding carboxylic acids is 2. The molecule has 2 aromatic heterocycles. The summed E-state index contributed by atoms with van der Waals surface area (Å²) >= 11 is 0. The zero-order chi connectivity index (χ0) is 19.8.